The first kappa shape index (κ1) is 24.1. The largest absolute Gasteiger partial charge is 0.496 e. The summed E-state index contributed by atoms with van der Waals surface area (Å²) in [6.45, 7) is 6.62. The van der Waals surface area contributed by atoms with Gasteiger partial charge in [-0.3, -0.25) is 4.79 Å². The SMILES string of the molecule is COc1ccccc1CCNC(=O)/C=C(\C)c1cc2c(-c3ccc(C)cc3C)coc2cc1OC. The minimum Gasteiger partial charge on any atom is -0.496 e. The van der Waals surface area contributed by atoms with Crippen LogP contribution >= 0.6 is 0 Å². The van der Waals surface area contributed by atoms with Crippen LogP contribution in [0.15, 0.2) is 71.4 Å². The Labute approximate surface area is 206 Å². The van der Waals surface area contributed by atoms with Crippen molar-refractivity contribution in [3.05, 3.63) is 89.2 Å². The molecule has 1 N–H and O–H groups in total. The summed E-state index contributed by atoms with van der Waals surface area (Å²) < 4.78 is 16.9. The Bertz CT molecular complexity index is 1400. The number of benzene rings is 3. The fraction of sp³-hybridized carbons (Fsp3) is 0.233. The second kappa shape index (κ2) is 10.5. The van der Waals surface area contributed by atoms with Gasteiger partial charge in [0.05, 0.1) is 20.5 Å². The van der Waals surface area contributed by atoms with Crippen molar-refractivity contribution >= 4 is 22.4 Å². The Kier molecular flexibility index (Phi) is 7.25. The average Bonchev–Trinajstić information content (AvgIpc) is 3.26. The van der Waals surface area contributed by atoms with Crippen LogP contribution in [-0.4, -0.2) is 26.7 Å². The quantitative estimate of drug-likeness (QED) is 0.299. The third kappa shape index (κ3) is 5.24. The van der Waals surface area contributed by atoms with E-state index in [-0.39, 0.29) is 5.91 Å². The predicted molar refractivity (Wildman–Crippen MR) is 141 cm³/mol. The van der Waals surface area contributed by atoms with Gasteiger partial charge in [0.15, 0.2) is 0 Å². The zero-order chi connectivity index (χ0) is 24.9. The van der Waals surface area contributed by atoms with Gasteiger partial charge in [0.1, 0.15) is 17.1 Å². The molecule has 180 valence electrons. The van der Waals surface area contributed by atoms with Crippen molar-refractivity contribution in [2.45, 2.75) is 27.2 Å². The monoisotopic (exact) mass is 469 g/mol. The molecule has 0 aliphatic heterocycles. The van der Waals surface area contributed by atoms with Crippen molar-refractivity contribution in [2.75, 3.05) is 20.8 Å². The lowest BCUT2D eigenvalue weighted by Crippen LogP contribution is -2.24. The molecule has 1 heterocycles. The first-order valence-electron chi connectivity index (χ1n) is 11.7. The molecular weight excluding hydrogens is 438 g/mol. The number of carbonyl (C=O) groups excluding carboxylic acids is 1. The van der Waals surface area contributed by atoms with Gasteiger partial charge >= 0.3 is 0 Å². The maximum atomic E-state index is 12.7. The Balaban J connectivity index is 1.58. The summed E-state index contributed by atoms with van der Waals surface area (Å²) in [5.41, 5.74) is 8.02. The molecule has 0 fully saturated rings. The summed E-state index contributed by atoms with van der Waals surface area (Å²) >= 11 is 0. The van der Waals surface area contributed by atoms with Crippen LogP contribution in [-0.2, 0) is 11.2 Å². The van der Waals surface area contributed by atoms with Gasteiger partial charge in [-0.1, -0.05) is 42.0 Å². The number of nitrogens with one attached hydrogen (secondary N) is 1. The van der Waals surface area contributed by atoms with Gasteiger partial charge in [-0.15, -0.1) is 0 Å². The molecule has 35 heavy (non-hydrogen) atoms. The van der Waals surface area contributed by atoms with E-state index < -0.39 is 0 Å². The molecule has 1 aromatic heterocycles. The second-order valence-corrected chi connectivity index (χ2v) is 8.70. The van der Waals surface area contributed by atoms with Crippen LogP contribution in [0.5, 0.6) is 11.5 Å². The molecule has 3 aromatic carbocycles. The molecule has 0 spiro atoms. The summed E-state index contributed by atoms with van der Waals surface area (Å²) in [6.07, 6.45) is 4.09. The van der Waals surface area contributed by atoms with E-state index in [1.807, 2.05) is 43.3 Å². The van der Waals surface area contributed by atoms with E-state index in [0.717, 1.165) is 44.5 Å². The first-order chi connectivity index (χ1) is 16.9. The van der Waals surface area contributed by atoms with Crippen LogP contribution in [0.1, 0.15) is 29.2 Å². The highest BCUT2D eigenvalue weighted by molar-refractivity contribution is 6.00. The molecular formula is C30H31NO4. The topological polar surface area (TPSA) is 60.7 Å². The molecule has 0 bridgehead atoms. The predicted octanol–water partition coefficient (Wildman–Crippen LogP) is 6.50. The number of amides is 1. The van der Waals surface area contributed by atoms with E-state index in [1.54, 1.807) is 26.6 Å². The van der Waals surface area contributed by atoms with E-state index >= 15 is 0 Å². The van der Waals surface area contributed by atoms with E-state index in [0.29, 0.717) is 18.7 Å². The lowest BCUT2D eigenvalue weighted by molar-refractivity contribution is -0.116. The number of rotatable bonds is 8. The molecule has 0 aliphatic carbocycles. The molecule has 0 saturated heterocycles. The number of aryl methyl sites for hydroxylation is 2. The lowest BCUT2D eigenvalue weighted by Gasteiger charge is -2.11. The maximum absolute atomic E-state index is 12.7. The molecule has 0 aliphatic rings. The van der Waals surface area contributed by atoms with Gasteiger partial charge < -0.3 is 19.2 Å². The average molecular weight is 470 g/mol. The van der Waals surface area contributed by atoms with Crippen molar-refractivity contribution in [1.29, 1.82) is 0 Å². The summed E-state index contributed by atoms with van der Waals surface area (Å²) in [7, 11) is 3.28. The van der Waals surface area contributed by atoms with Gasteiger partial charge in [-0.25, -0.2) is 0 Å². The number of allylic oxidation sites excluding steroid dienone is 1. The highest BCUT2D eigenvalue weighted by Crippen LogP contribution is 2.38. The maximum Gasteiger partial charge on any atom is 0.244 e. The number of hydrogen-bond acceptors (Lipinski definition) is 4. The number of carbonyl (C=O) groups is 1. The number of fused-ring (bicyclic) bond motifs is 1. The Hall–Kier alpha value is -3.99. The van der Waals surface area contributed by atoms with E-state index in [2.05, 4.69) is 37.4 Å². The number of hydrogen-bond donors (Lipinski definition) is 1. The van der Waals surface area contributed by atoms with Crippen molar-refractivity contribution in [2.24, 2.45) is 0 Å². The number of ether oxygens (including phenoxy) is 2. The van der Waals surface area contributed by atoms with Crippen molar-refractivity contribution in [3.63, 3.8) is 0 Å². The Morgan fingerprint density at radius 3 is 2.49 bits per heavy atom. The second-order valence-electron chi connectivity index (χ2n) is 8.70. The normalized spacial score (nSPS) is 11.5. The third-order valence-corrected chi connectivity index (χ3v) is 6.23. The number of methoxy groups -OCH3 is 2. The molecule has 0 radical (unpaired) electrons. The van der Waals surface area contributed by atoms with E-state index in [1.165, 1.54) is 11.1 Å². The van der Waals surface area contributed by atoms with Crippen LogP contribution in [0, 0.1) is 13.8 Å². The third-order valence-electron chi connectivity index (χ3n) is 6.23. The first-order valence-corrected chi connectivity index (χ1v) is 11.7. The fourth-order valence-corrected chi connectivity index (χ4v) is 4.41. The standard InChI is InChI=1S/C30H31NO4/c1-19-10-11-23(20(2)14-19)26-18-35-29-17-28(34-5)24(16-25(26)29)21(3)15-30(32)31-13-12-22-8-6-7-9-27(22)33-4/h6-11,14-18H,12-13H2,1-5H3,(H,31,32)/b21-15+. The van der Waals surface area contributed by atoms with Gasteiger partial charge in [-0.2, -0.15) is 0 Å². The highest BCUT2D eigenvalue weighted by Gasteiger charge is 2.16. The highest BCUT2D eigenvalue weighted by atomic mass is 16.5. The lowest BCUT2D eigenvalue weighted by atomic mass is 9.96. The molecule has 0 unspecified atom stereocenters. The van der Waals surface area contributed by atoms with Crippen LogP contribution < -0.4 is 14.8 Å². The number of furan rings is 1. The van der Waals surface area contributed by atoms with Crippen molar-refractivity contribution in [1.82, 2.24) is 5.32 Å². The minimum absolute atomic E-state index is 0.152. The molecule has 5 nitrogen and oxygen atoms in total. The molecule has 4 aromatic rings. The summed E-state index contributed by atoms with van der Waals surface area (Å²) in [4.78, 5) is 12.7. The molecule has 0 atom stereocenters. The fourth-order valence-electron chi connectivity index (χ4n) is 4.41. The van der Waals surface area contributed by atoms with Gasteiger partial charge in [-0.05, 0) is 61.6 Å². The molecule has 4 rings (SSSR count). The molecule has 5 heteroatoms. The van der Waals surface area contributed by atoms with Gasteiger partial charge in [0.2, 0.25) is 5.91 Å². The Morgan fingerprint density at radius 1 is 0.971 bits per heavy atom. The Morgan fingerprint density at radius 2 is 1.74 bits per heavy atom. The zero-order valence-corrected chi connectivity index (χ0v) is 20.9. The summed E-state index contributed by atoms with van der Waals surface area (Å²) in [6, 6.07) is 18.1. The van der Waals surface area contributed by atoms with Gasteiger partial charge in [0, 0.05) is 35.2 Å². The van der Waals surface area contributed by atoms with E-state index in [4.69, 9.17) is 13.9 Å². The molecule has 1 amide bonds. The smallest absolute Gasteiger partial charge is 0.244 e. The number of para-hydroxylation sites is 1. The molecule has 0 saturated carbocycles. The van der Waals surface area contributed by atoms with Gasteiger partial charge in [0.25, 0.3) is 0 Å². The zero-order valence-electron chi connectivity index (χ0n) is 20.9. The summed E-state index contributed by atoms with van der Waals surface area (Å²) in [5, 5.41) is 3.96. The summed E-state index contributed by atoms with van der Waals surface area (Å²) in [5.74, 6) is 1.34. The van der Waals surface area contributed by atoms with Crippen molar-refractivity contribution < 1.29 is 18.7 Å². The van der Waals surface area contributed by atoms with E-state index in [9.17, 15) is 4.79 Å². The van der Waals surface area contributed by atoms with Crippen LogP contribution in [0.2, 0.25) is 0 Å². The van der Waals surface area contributed by atoms with Crippen LogP contribution in [0.25, 0.3) is 27.7 Å². The van der Waals surface area contributed by atoms with Crippen LogP contribution in [0.3, 0.4) is 0 Å². The minimum atomic E-state index is -0.152. The van der Waals surface area contributed by atoms with Crippen LogP contribution in [0.4, 0.5) is 0 Å². The van der Waals surface area contributed by atoms with Crippen molar-refractivity contribution in [3.8, 4) is 22.6 Å².